The van der Waals surface area contributed by atoms with Gasteiger partial charge in [0.05, 0.1) is 14.2 Å². The molecule has 1 aliphatic rings. The van der Waals surface area contributed by atoms with Gasteiger partial charge in [-0.2, -0.15) is 0 Å². The lowest BCUT2D eigenvalue weighted by Crippen LogP contribution is -2.41. The van der Waals surface area contributed by atoms with Crippen molar-refractivity contribution in [2.24, 2.45) is 5.92 Å². The molecule has 1 saturated heterocycles. The summed E-state index contributed by atoms with van der Waals surface area (Å²) in [6.45, 7) is 5.78. The first-order valence-corrected chi connectivity index (χ1v) is 10.4. The summed E-state index contributed by atoms with van der Waals surface area (Å²) in [5.41, 5.74) is 1.16. The predicted molar refractivity (Wildman–Crippen MR) is 115 cm³/mol. The van der Waals surface area contributed by atoms with Gasteiger partial charge >= 0.3 is 11.9 Å². The summed E-state index contributed by atoms with van der Waals surface area (Å²) >= 11 is 0. The molecule has 0 radical (unpaired) electrons. The van der Waals surface area contributed by atoms with Crippen molar-refractivity contribution < 1.29 is 34.1 Å². The topological polar surface area (TPSA) is 117 Å². The molecular weight excluding hydrogens is 404 g/mol. The maximum atomic E-state index is 12.5. The molecule has 0 saturated carbocycles. The van der Waals surface area contributed by atoms with Crippen LogP contribution < -0.4 is 9.47 Å². The normalized spacial score (nSPS) is 14.2. The van der Waals surface area contributed by atoms with E-state index in [9.17, 15) is 4.79 Å². The average molecular weight is 439 g/mol. The fourth-order valence-corrected chi connectivity index (χ4v) is 3.38. The highest BCUT2D eigenvalue weighted by Crippen LogP contribution is 2.27. The van der Waals surface area contributed by atoms with E-state index in [1.807, 2.05) is 24.1 Å². The smallest absolute Gasteiger partial charge is 0.414 e. The van der Waals surface area contributed by atoms with Gasteiger partial charge in [-0.3, -0.25) is 9.69 Å². The summed E-state index contributed by atoms with van der Waals surface area (Å²) in [6.07, 6.45) is 4.08. The quantitative estimate of drug-likeness (QED) is 0.594. The Labute approximate surface area is 183 Å². The molecule has 0 atom stereocenters. The van der Waals surface area contributed by atoms with Crippen LogP contribution >= 0.6 is 0 Å². The molecule has 2 rings (SSSR count). The largest absolute Gasteiger partial charge is 0.497 e. The van der Waals surface area contributed by atoms with E-state index in [0.717, 1.165) is 68.9 Å². The number of carbonyl (C=O) groups is 3. The van der Waals surface area contributed by atoms with Crippen molar-refractivity contribution in [1.29, 1.82) is 0 Å². The molecule has 0 aliphatic carbocycles. The van der Waals surface area contributed by atoms with E-state index in [1.54, 1.807) is 14.2 Å². The number of carbonyl (C=O) groups excluding carboxylic acids is 1. The van der Waals surface area contributed by atoms with E-state index in [0.29, 0.717) is 5.91 Å². The molecule has 174 valence electrons. The molecule has 1 aromatic rings. The molecule has 0 spiro atoms. The van der Waals surface area contributed by atoms with Gasteiger partial charge in [0, 0.05) is 37.7 Å². The highest BCUT2D eigenvalue weighted by molar-refractivity contribution is 6.27. The van der Waals surface area contributed by atoms with Crippen LogP contribution in [0.2, 0.25) is 0 Å². The summed E-state index contributed by atoms with van der Waals surface area (Å²) in [6, 6.07) is 5.96. The van der Waals surface area contributed by atoms with Crippen molar-refractivity contribution in [2.45, 2.75) is 39.2 Å². The van der Waals surface area contributed by atoms with Crippen LogP contribution in [0.1, 0.15) is 38.2 Å². The summed E-state index contributed by atoms with van der Waals surface area (Å²) < 4.78 is 10.7. The molecule has 1 aliphatic heterocycles. The van der Waals surface area contributed by atoms with Gasteiger partial charge in [0.1, 0.15) is 11.5 Å². The molecule has 0 bridgehead atoms. The number of nitrogens with zero attached hydrogens (tertiary/aromatic N) is 2. The number of methoxy groups -OCH3 is 2. The van der Waals surface area contributed by atoms with Crippen molar-refractivity contribution in [3.63, 3.8) is 0 Å². The number of amides is 1. The number of benzene rings is 1. The van der Waals surface area contributed by atoms with Crippen LogP contribution in [0.4, 0.5) is 0 Å². The number of carboxylic acid groups (broad SMARTS) is 2. The Morgan fingerprint density at radius 1 is 1.10 bits per heavy atom. The summed E-state index contributed by atoms with van der Waals surface area (Å²) in [5.74, 6) is -1.49. The zero-order valence-electron chi connectivity index (χ0n) is 18.8. The van der Waals surface area contributed by atoms with Gasteiger partial charge in [-0.05, 0) is 38.4 Å². The Bertz CT molecular complexity index is 719. The third-order valence-corrected chi connectivity index (χ3v) is 5.23. The van der Waals surface area contributed by atoms with Crippen LogP contribution in [-0.4, -0.2) is 78.8 Å². The first kappa shape index (κ1) is 26.2. The molecule has 9 heteroatoms. The summed E-state index contributed by atoms with van der Waals surface area (Å²) in [4.78, 5) is 35.0. The number of hydrogen-bond acceptors (Lipinski definition) is 6. The van der Waals surface area contributed by atoms with Crippen molar-refractivity contribution >= 4 is 17.8 Å². The summed E-state index contributed by atoms with van der Waals surface area (Å²) in [5, 5.41) is 14.8. The van der Waals surface area contributed by atoms with Crippen LogP contribution in [0.25, 0.3) is 0 Å². The predicted octanol–water partition coefficient (Wildman–Crippen LogP) is 2.33. The van der Waals surface area contributed by atoms with Crippen LogP contribution in [0.3, 0.4) is 0 Å². The number of aliphatic carboxylic acids is 2. The van der Waals surface area contributed by atoms with Gasteiger partial charge in [-0.25, -0.2) is 9.59 Å². The third kappa shape index (κ3) is 8.84. The second kappa shape index (κ2) is 13.5. The minimum absolute atomic E-state index is 0.177. The SMILES string of the molecule is CCCCN(C)C(=O)C1CCN(Cc2ccc(OC)cc2OC)CC1.O=C(O)C(=O)O. The molecule has 1 amide bonds. The highest BCUT2D eigenvalue weighted by atomic mass is 16.5. The Balaban J connectivity index is 0.000000703. The number of carboxylic acids is 2. The van der Waals surface area contributed by atoms with Crippen LogP contribution in [0.5, 0.6) is 11.5 Å². The first-order chi connectivity index (χ1) is 14.7. The summed E-state index contributed by atoms with van der Waals surface area (Å²) in [7, 11) is 5.29. The fourth-order valence-electron chi connectivity index (χ4n) is 3.38. The van der Waals surface area contributed by atoms with Gasteiger partial charge in [0.2, 0.25) is 5.91 Å². The van der Waals surface area contributed by atoms with Crippen molar-refractivity contribution in [1.82, 2.24) is 9.80 Å². The van der Waals surface area contributed by atoms with Crippen LogP contribution in [0, 0.1) is 5.92 Å². The molecule has 2 N–H and O–H groups in total. The van der Waals surface area contributed by atoms with Gasteiger partial charge in [0.25, 0.3) is 0 Å². The average Bonchev–Trinajstić information content (AvgIpc) is 2.78. The lowest BCUT2D eigenvalue weighted by Gasteiger charge is -2.33. The van der Waals surface area contributed by atoms with Crippen LogP contribution in [-0.2, 0) is 20.9 Å². The first-order valence-electron chi connectivity index (χ1n) is 10.4. The van der Waals surface area contributed by atoms with E-state index in [2.05, 4.69) is 17.9 Å². The lowest BCUT2D eigenvalue weighted by molar-refractivity contribution is -0.159. The maximum absolute atomic E-state index is 12.5. The van der Waals surface area contributed by atoms with E-state index in [-0.39, 0.29) is 5.92 Å². The Kier molecular flexibility index (Phi) is 11.4. The number of likely N-dealkylation sites (tertiary alicyclic amines) is 1. The molecule has 1 aromatic carbocycles. The second-order valence-electron chi connectivity index (χ2n) is 7.45. The van der Waals surface area contributed by atoms with E-state index >= 15 is 0 Å². The van der Waals surface area contributed by atoms with E-state index in [1.165, 1.54) is 0 Å². The van der Waals surface area contributed by atoms with Crippen LogP contribution in [0.15, 0.2) is 18.2 Å². The zero-order valence-corrected chi connectivity index (χ0v) is 18.8. The monoisotopic (exact) mass is 438 g/mol. The molecule has 31 heavy (non-hydrogen) atoms. The van der Waals surface area contributed by atoms with E-state index < -0.39 is 11.9 Å². The Morgan fingerprint density at radius 3 is 2.19 bits per heavy atom. The fraction of sp³-hybridized carbons (Fsp3) is 0.591. The number of hydrogen-bond donors (Lipinski definition) is 2. The highest BCUT2D eigenvalue weighted by Gasteiger charge is 2.27. The minimum atomic E-state index is -1.82. The maximum Gasteiger partial charge on any atom is 0.414 e. The molecule has 0 aromatic heterocycles. The zero-order chi connectivity index (χ0) is 23.4. The molecule has 1 heterocycles. The van der Waals surface area contributed by atoms with Crippen molar-refractivity contribution in [3.8, 4) is 11.5 Å². The van der Waals surface area contributed by atoms with Crippen molar-refractivity contribution in [2.75, 3.05) is 40.9 Å². The second-order valence-corrected chi connectivity index (χ2v) is 7.45. The van der Waals surface area contributed by atoms with Crippen molar-refractivity contribution in [3.05, 3.63) is 23.8 Å². The van der Waals surface area contributed by atoms with E-state index in [4.69, 9.17) is 29.3 Å². The Hall–Kier alpha value is -2.81. The molecule has 9 nitrogen and oxygen atoms in total. The van der Waals surface area contributed by atoms with Gasteiger partial charge in [-0.1, -0.05) is 19.4 Å². The third-order valence-electron chi connectivity index (χ3n) is 5.23. The standard InChI is InChI=1S/C20H32N2O3.C2H2O4/c1-5-6-11-21(2)20(23)16-9-12-22(13-10-16)15-17-7-8-18(24-3)14-19(17)25-4;3-1(4)2(5)6/h7-8,14,16H,5-6,9-13,15H2,1-4H3;(H,3,4)(H,5,6). The van der Waals surface area contributed by atoms with Gasteiger partial charge in [0.15, 0.2) is 0 Å². The van der Waals surface area contributed by atoms with Gasteiger partial charge in [-0.15, -0.1) is 0 Å². The molecule has 1 fully saturated rings. The number of rotatable bonds is 8. The Morgan fingerprint density at radius 2 is 1.71 bits per heavy atom. The number of ether oxygens (including phenoxy) is 2. The van der Waals surface area contributed by atoms with Gasteiger partial charge < -0.3 is 24.6 Å². The number of piperidine rings is 1. The minimum Gasteiger partial charge on any atom is -0.497 e. The number of unbranched alkanes of at least 4 members (excludes halogenated alkanes) is 1. The molecular formula is C22H34N2O7. The molecule has 0 unspecified atom stereocenters. The lowest BCUT2D eigenvalue weighted by atomic mass is 9.95.